The van der Waals surface area contributed by atoms with Gasteiger partial charge in [0, 0.05) is 54.6 Å². The predicted molar refractivity (Wildman–Crippen MR) is 156 cm³/mol. The highest BCUT2D eigenvalue weighted by Crippen LogP contribution is 2.39. The minimum absolute atomic E-state index is 0.0490. The van der Waals surface area contributed by atoms with Crippen LogP contribution in [0.1, 0.15) is 61.1 Å². The number of rotatable bonds is 7. The minimum Gasteiger partial charge on any atom is -0.369 e. The summed E-state index contributed by atoms with van der Waals surface area (Å²) in [7, 11) is 0. The minimum atomic E-state index is -0.367. The van der Waals surface area contributed by atoms with Gasteiger partial charge in [-0.25, -0.2) is 4.79 Å². The van der Waals surface area contributed by atoms with Gasteiger partial charge in [-0.05, 0) is 74.1 Å². The molecule has 0 unspecified atom stereocenters. The van der Waals surface area contributed by atoms with Crippen molar-refractivity contribution < 1.29 is 9.59 Å². The maximum atomic E-state index is 13.1. The lowest BCUT2D eigenvalue weighted by molar-refractivity contribution is 0.0939. The van der Waals surface area contributed by atoms with Gasteiger partial charge in [0.05, 0.1) is 11.4 Å². The van der Waals surface area contributed by atoms with Gasteiger partial charge in [0.1, 0.15) is 0 Å². The molecule has 0 radical (unpaired) electrons. The summed E-state index contributed by atoms with van der Waals surface area (Å²) in [5.74, 6) is 0.375. The Kier molecular flexibility index (Phi) is 7.72. The van der Waals surface area contributed by atoms with Crippen molar-refractivity contribution in [2.75, 3.05) is 28.6 Å². The number of nitrogens with zero attached hydrogens (tertiary/aromatic N) is 2. The summed E-state index contributed by atoms with van der Waals surface area (Å²) in [6, 6.07) is 18.5. The van der Waals surface area contributed by atoms with Crippen molar-refractivity contribution in [3.05, 3.63) is 87.8 Å². The Morgan fingerprint density at radius 1 is 0.974 bits per heavy atom. The van der Waals surface area contributed by atoms with Crippen molar-refractivity contribution in [1.29, 1.82) is 0 Å². The van der Waals surface area contributed by atoms with Crippen LogP contribution in [0.15, 0.2) is 65.5 Å². The first kappa shape index (κ1) is 26.5. The number of hydrogen-bond acceptors (Lipinski definition) is 4. The fraction of sp³-hybridized carbons (Fsp3) is 0.387. The van der Waals surface area contributed by atoms with E-state index in [1.54, 1.807) is 12.1 Å². The SMILES string of the molecule is CCc1ccc(NC(=O)Nc2cc(C(=O)N[C@@H](C)CC)ccc2N2C[C@H]3C[C@@H](C2)c2cccc(=O)n2C3)cc1. The smallest absolute Gasteiger partial charge is 0.323 e. The molecule has 1 saturated heterocycles. The van der Waals surface area contributed by atoms with Crippen LogP contribution in [-0.4, -0.2) is 35.6 Å². The lowest BCUT2D eigenvalue weighted by Crippen LogP contribution is -2.47. The first-order valence-electron chi connectivity index (χ1n) is 13.9. The largest absolute Gasteiger partial charge is 0.369 e. The molecule has 1 aromatic heterocycles. The number of pyridine rings is 1. The molecule has 3 N–H and O–H groups in total. The number of urea groups is 1. The average Bonchev–Trinajstić information content (AvgIpc) is 2.93. The number of amides is 3. The standard InChI is InChI=1S/C31H37N5O3/c1-4-20(3)32-30(38)23-11-14-28(26(16-23)34-31(39)33-25-12-9-21(5-2)10-13-25)35-17-22-15-24(19-35)27-7-6-8-29(37)36(27)18-22/h6-14,16,20,22,24H,4-5,15,17-19H2,1-3H3,(H,32,38)(H2,33,34,39)/t20-,22+,24-/m0/s1. The number of anilines is 3. The van der Waals surface area contributed by atoms with Crippen LogP contribution in [0, 0.1) is 5.92 Å². The molecule has 5 rings (SSSR count). The number of aromatic nitrogens is 1. The maximum Gasteiger partial charge on any atom is 0.323 e. The first-order chi connectivity index (χ1) is 18.8. The van der Waals surface area contributed by atoms with Gasteiger partial charge in [-0.15, -0.1) is 0 Å². The summed E-state index contributed by atoms with van der Waals surface area (Å²) in [5.41, 5.74) is 4.96. The molecule has 204 valence electrons. The second kappa shape index (κ2) is 11.4. The third kappa shape index (κ3) is 5.85. The second-order valence-corrected chi connectivity index (χ2v) is 10.7. The molecule has 2 aliphatic heterocycles. The van der Waals surface area contributed by atoms with Gasteiger partial charge in [0.15, 0.2) is 0 Å². The summed E-state index contributed by atoms with van der Waals surface area (Å²) in [6.07, 6.45) is 2.79. The molecule has 0 saturated carbocycles. The highest BCUT2D eigenvalue weighted by Gasteiger charge is 2.35. The van der Waals surface area contributed by atoms with Crippen LogP contribution in [-0.2, 0) is 13.0 Å². The van der Waals surface area contributed by atoms with E-state index in [2.05, 4.69) is 27.8 Å². The Labute approximate surface area is 229 Å². The van der Waals surface area contributed by atoms with Gasteiger partial charge in [-0.2, -0.15) is 0 Å². The molecule has 2 bridgehead atoms. The summed E-state index contributed by atoms with van der Waals surface area (Å²) in [4.78, 5) is 40.8. The Morgan fingerprint density at radius 3 is 2.51 bits per heavy atom. The number of carbonyl (C=O) groups is 2. The molecule has 8 heteroatoms. The highest BCUT2D eigenvalue weighted by atomic mass is 16.2. The number of benzene rings is 2. The third-order valence-electron chi connectivity index (χ3n) is 7.94. The lowest BCUT2D eigenvalue weighted by atomic mass is 9.83. The quantitative estimate of drug-likeness (QED) is 0.393. The monoisotopic (exact) mass is 527 g/mol. The van der Waals surface area contributed by atoms with Crippen LogP contribution in [0.2, 0.25) is 0 Å². The van der Waals surface area contributed by atoms with Gasteiger partial charge in [-0.3, -0.25) is 9.59 Å². The lowest BCUT2D eigenvalue weighted by Gasteiger charge is -2.44. The van der Waals surface area contributed by atoms with E-state index >= 15 is 0 Å². The number of carbonyl (C=O) groups excluding carboxylic acids is 2. The molecule has 2 aromatic carbocycles. The molecule has 3 atom stereocenters. The zero-order chi connectivity index (χ0) is 27.5. The Balaban J connectivity index is 1.42. The molecular formula is C31H37N5O3. The summed E-state index contributed by atoms with van der Waals surface area (Å²) < 4.78 is 1.91. The Morgan fingerprint density at radius 2 is 1.77 bits per heavy atom. The van der Waals surface area contributed by atoms with Crippen molar-refractivity contribution in [2.24, 2.45) is 5.92 Å². The molecule has 39 heavy (non-hydrogen) atoms. The van der Waals surface area contributed by atoms with Crippen LogP contribution in [0.5, 0.6) is 0 Å². The number of hydrogen-bond donors (Lipinski definition) is 3. The van der Waals surface area contributed by atoms with Crippen LogP contribution in [0.3, 0.4) is 0 Å². The highest BCUT2D eigenvalue weighted by molar-refractivity contribution is 6.04. The average molecular weight is 528 g/mol. The third-order valence-corrected chi connectivity index (χ3v) is 7.94. The summed E-state index contributed by atoms with van der Waals surface area (Å²) >= 11 is 0. The van der Waals surface area contributed by atoms with Crippen molar-refractivity contribution in [2.45, 2.75) is 58.5 Å². The van der Waals surface area contributed by atoms with Crippen LogP contribution in [0.4, 0.5) is 21.9 Å². The van der Waals surface area contributed by atoms with Gasteiger partial charge < -0.3 is 25.4 Å². The predicted octanol–water partition coefficient (Wildman–Crippen LogP) is 5.21. The second-order valence-electron chi connectivity index (χ2n) is 10.7. The number of fused-ring (bicyclic) bond motifs is 4. The molecule has 0 aliphatic carbocycles. The van der Waals surface area contributed by atoms with Crippen molar-refractivity contribution in [3.63, 3.8) is 0 Å². The zero-order valence-corrected chi connectivity index (χ0v) is 22.9. The molecule has 3 heterocycles. The van der Waals surface area contributed by atoms with Gasteiger partial charge >= 0.3 is 6.03 Å². The van der Waals surface area contributed by atoms with Crippen LogP contribution < -0.4 is 26.4 Å². The summed E-state index contributed by atoms with van der Waals surface area (Å²) in [6.45, 7) is 8.27. The molecule has 2 aliphatic rings. The topological polar surface area (TPSA) is 95.5 Å². The molecule has 8 nitrogen and oxygen atoms in total. The van der Waals surface area contributed by atoms with Crippen molar-refractivity contribution in [1.82, 2.24) is 9.88 Å². The molecule has 3 amide bonds. The van der Waals surface area contributed by atoms with Gasteiger partial charge in [-0.1, -0.05) is 32.0 Å². The van der Waals surface area contributed by atoms with E-state index in [0.29, 0.717) is 29.4 Å². The molecule has 3 aromatic rings. The number of aryl methyl sites for hydroxylation is 1. The zero-order valence-electron chi connectivity index (χ0n) is 22.9. The Bertz CT molecular complexity index is 1410. The molecule has 0 spiro atoms. The fourth-order valence-corrected chi connectivity index (χ4v) is 5.66. The van der Waals surface area contributed by atoms with E-state index in [0.717, 1.165) is 43.7 Å². The van der Waals surface area contributed by atoms with E-state index < -0.39 is 0 Å². The van der Waals surface area contributed by atoms with Crippen molar-refractivity contribution >= 4 is 29.0 Å². The van der Waals surface area contributed by atoms with E-state index in [1.807, 2.05) is 66.9 Å². The fourth-order valence-electron chi connectivity index (χ4n) is 5.66. The number of piperidine rings is 1. The van der Waals surface area contributed by atoms with E-state index in [-0.39, 0.29) is 29.5 Å². The molecule has 1 fully saturated rings. The van der Waals surface area contributed by atoms with Gasteiger partial charge in [0.25, 0.3) is 11.5 Å². The molecular weight excluding hydrogens is 490 g/mol. The first-order valence-corrected chi connectivity index (χ1v) is 13.9. The summed E-state index contributed by atoms with van der Waals surface area (Å²) in [5, 5.41) is 8.94. The van der Waals surface area contributed by atoms with Crippen LogP contribution in [0.25, 0.3) is 0 Å². The van der Waals surface area contributed by atoms with E-state index in [4.69, 9.17) is 0 Å². The van der Waals surface area contributed by atoms with Crippen LogP contribution >= 0.6 is 0 Å². The van der Waals surface area contributed by atoms with Gasteiger partial charge in [0.2, 0.25) is 0 Å². The normalized spacial score (nSPS) is 18.6. The van der Waals surface area contributed by atoms with Crippen molar-refractivity contribution in [3.8, 4) is 0 Å². The number of nitrogens with one attached hydrogen (secondary N) is 3. The Hall–Kier alpha value is -4.07. The van der Waals surface area contributed by atoms with E-state index in [9.17, 15) is 14.4 Å². The van der Waals surface area contributed by atoms with E-state index in [1.165, 1.54) is 5.56 Å². The maximum absolute atomic E-state index is 13.1.